The van der Waals surface area contributed by atoms with Crippen molar-refractivity contribution in [1.29, 1.82) is 0 Å². The van der Waals surface area contributed by atoms with E-state index in [2.05, 4.69) is 5.32 Å². The highest BCUT2D eigenvalue weighted by Crippen LogP contribution is 2.33. The highest BCUT2D eigenvalue weighted by Gasteiger charge is 2.28. The number of carbonyl (C=O) groups excluding carboxylic acids is 3. The molecule has 0 aliphatic carbocycles. The minimum atomic E-state index is -0.458. The van der Waals surface area contributed by atoms with Crippen molar-refractivity contribution in [3.05, 3.63) is 65.9 Å². The average Bonchev–Trinajstić information content (AvgIpc) is 2.73. The molecule has 0 aromatic heterocycles. The van der Waals surface area contributed by atoms with Crippen LogP contribution in [0.1, 0.15) is 37.4 Å². The fourth-order valence-corrected chi connectivity index (χ4v) is 3.31. The Balaban J connectivity index is 1.67. The summed E-state index contributed by atoms with van der Waals surface area (Å²) in [5.41, 5.74) is 2.45. The lowest BCUT2D eigenvalue weighted by Gasteiger charge is -2.32. The molecule has 0 saturated carbocycles. The minimum absolute atomic E-state index is 0.106. The van der Waals surface area contributed by atoms with E-state index >= 15 is 0 Å². The molecule has 2 aromatic rings. The molecule has 156 valence electrons. The Morgan fingerprint density at radius 2 is 1.90 bits per heavy atom. The second-order valence-electron chi connectivity index (χ2n) is 6.76. The molecule has 2 amide bonds. The van der Waals surface area contributed by atoms with Crippen LogP contribution in [0.2, 0.25) is 0 Å². The van der Waals surface area contributed by atoms with Gasteiger partial charge in [-0.1, -0.05) is 30.3 Å². The molecule has 7 nitrogen and oxygen atoms in total. The van der Waals surface area contributed by atoms with Gasteiger partial charge in [0.05, 0.1) is 19.1 Å². The van der Waals surface area contributed by atoms with Crippen LogP contribution in [-0.4, -0.2) is 35.9 Å². The van der Waals surface area contributed by atoms with Crippen LogP contribution in [0, 0.1) is 0 Å². The first kappa shape index (κ1) is 21.1. The molecule has 1 aliphatic heterocycles. The highest BCUT2D eigenvalue weighted by atomic mass is 16.6. The first-order valence-electron chi connectivity index (χ1n) is 9.72. The summed E-state index contributed by atoms with van der Waals surface area (Å²) in [6, 6.07) is 14.1. The number of carbonyl (C=O) groups is 3. The number of nitrogens with zero attached hydrogens (tertiary/aromatic N) is 1. The molecule has 1 atom stereocenters. The van der Waals surface area contributed by atoms with Crippen molar-refractivity contribution in [2.24, 2.45) is 0 Å². The van der Waals surface area contributed by atoms with E-state index in [4.69, 9.17) is 9.47 Å². The van der Waals surface area contributed by atoms with Crippen molar-refractivity contribution in [3.63, 3.8) is 0 Å². The molecule has 3 rings (SSSR count). The van der Waals surface area contributed by atoms with Crippen LogP contribution in [0.25, 0.3) is 6.08 Å². The summed E-state index contributed by atoms with van der Waals surface area (Å²) in [5.74, 6) is -0.385. The van der Waals surface area contributed by atoms with Gasteiger partial charge in [-0.15, -0.1) is 0 Å². The van der Waals surface area contributed by atoms with Gasteiger partial charge in [0.2, 0.25) is 11.8 Å². The maximum Gasteiger partial charge on any atom is 0.344 e. The molecule has 1 heterocycles. The van der Waals surface area contributed by atoms with Gasteiger partial charge in [-0.05, 0) is 36.3 Å². The van der Waals surface area contributed by atoms with Gasteiger partial charge in [0.25, 0.3) is 0 Å². The van der Waals surface area contributed by atoms with Crippen LogP contribution >= 0.6 is 0 Å². The fraction of sp³-hybridized carbons (Fsp3) is 0.261. The van der Waals surface area contributed by atoms with Crippen LogP contribution in [-0.2, 0) is 19.1 Å². The third kappa shape index (κ3) is 5.26. The molecule has 0 radical (unpaired) electrons. The number of anilines is 1. The molecule has 0 spiro atoms. The zero-order valence-corrected chi connectivity index (χ0v) is 17.0. The maximum atomic E-state index is 12.7. The Labute approximate surface area is 175 Å². The molecule has 0 fully saturated rings. The molecule has 30 heavy (non-hydrogen) atoms. The first-order valence-corrected chi connectivity index (χ1v) is 9.72. The zero-order chi connectivity index (χ0) is 21.5. The molecule has 7 heteroatoms. The number of esters is 1. The summed E-state index contributed by atoms with van der Waals surface area (Å²) < 4.78 is 10.2. The van der Waals surface area contributed by atoms with Crippen LogP contribution in [0.4, 0.5) is 5.69 Å². The Bertz CT molecular complexity index is 970. The van der Waals surface area contributed by atoms with Gasteiger partial charge in [0.1, 0.15) is 5.75 Å². The maximum absolute atomic E-state index is 12.7. The summed E-state index contributed by atoms with van der Waals surface area (Å²) in [7, 11) is 0. The van der Waals surface area contributed by atoms with E-state index in [1.165, 1.54) is 6.92 Å². The van der Waals surface area contributed by atoms with Crippen molar-refractivity contribution in [2.75, 3.05) is 18.5 Å². The number of hydrogen-bond donors (Lipinski definition) is 1. The van der Waals surface area contributed by atoms with Crippen LogP contribution < -0.4 is 10.1 Å². The quantitative estimate of drug-likeness (QED) is 0.709. The number of fused-ring (bicyclic) bond motifs is 1. The first-order chi connectivity index (χ1) is 14.5. The van der Waals surface area contributed by atoms with Crippen LogP contribution in [0.3, 0.4) is 0 Å². The number of ether oxygens (including phenoxy) is 2. The van der Waals surface area contributed by atoms with E-state index in [0.29, 0.717) is 11.4 Å². The van der Waals surface area contributed by atoms with Crippen LogP contribution in [0.15, 0.2) is 54.7 Å². The predicted octanol–water partition coefficient (Wildman–Crippen LogP) is 3.53. The van der Waals surface area contributed by atoms with Gasteiger partial charge < -0.3 is 19.7 Å². The third-order valence-electron chi connectivity index (χ3n) is 4.63. The molecule has 0 unspecified atom stereocenters. The molecule has 0 bridgehead atoms. The smallest absolute Gasteiger partial charge is 0.344 e. The normalized spacial score (nSPS) is 14.6. The van der Waals surface area contributed by atoms with Gasteiger partial charge >= 0.3 is 5.97 Å². The molecule has 2 aromatic carbocycles. The van der Waals surface area contributed by atoms with Gasteiger partial charge in [0.15, 0.2) is 6.61 Å². The predicted molar refractivity (Wildman–Crippen MR) is 113 cm³/mol. The summed E-state index contributed by atoms with van der Waals surface area (Å²) >= 11 is 0. The third-order valence-corrected chi connectivity index (χ3v) is 4.63. The lowest BCUT2D eigenvalue weighted by molar-refractivity contribution is -0.145. The SMILES string of the molecule is CCOC(=O)COc1cccc(NC(=O)C[C@@H]2c3ccccc3C=CN2C(C)=O)c1. The van der Waals surface area contributed by atoms with Crippen molar-refractivity contribution < 1.29 is 23.9 Å². The molecule has 0 saturated heterocycles. The number of nitrogens with one attached hydrogen (secondary N) is 1. The van der Waals surface area contributed by atoms with E-state index in [-0.39, 0.29) is 37.5 Å². The summed E-state index contributed by atoms with van der Waals surface area (Å²) in [5, 5.41) is 2.84. The standard InChI is InChI=1S/C23H24N2O5/c1-3-29-23(28)15-30-19-9-6-8-18(13-19)24-22(27)14-21-20-10-5-4-7-17(20)11-12-25(21)16(2)26/h4-13,21H,3,14-15H2,1-2H3,(H,24,27)/t21-/m1/s1. The van der Waals surface area contributed by atoms with E-state index in [1.807, 2.05) is 30.3 Å². The lowest BCUT2D eigenvalue weighted by atomic mass is 9.93. The summed E-state index contributed by atoms with van der Waals surface area (Å²) in [4.78, 5) is 37.8. The van der Waals surface area contributed by atoms with Crippen molar-refractivity contribution in [1.82, 2.24) is 4.90 Å². The second kappa shape index (κ2) is 9.73. The van der Waals surface area contributed by atoms with Gasteiger partial charge in [-0.2, -0.15) is 0 Å². The van der Waals surface area contributed by atoms with Gasteiger partial charge in [-0.25, -0.2) is 4.79 Å². The lowest BCUT2D eigenvalue weighted by Crippen LogP contribution is -2.33. The molecular weight excluding hydrogens is 384 g/mol. The Morgan fingerprint density at radius 1 is 1.10 bits per heavy atom. The number of rotatable bonds is 7. The summed E-state index contributed by atoms with van der Waals surface area (Å²) in [6.45, 7) is 3.29. The summed E-state index contributed by atoms with van der Waals surface area (Å²) in [6.07, 6.45) is 3.69. The average molecular weight is 408 g/mol. The Morgan fingerprint density at radius 3 is 2.67 bits per heavy atom. The van der Waals surface area contributed by atoms with Gasteiger partial charge in [-0.3, -0.25) is 9.59 Å². The largest absolute Gasteiger partial charge is 0.482 e. The van der Waals surface area contributed by atoms with Crippen molar-refractivity contribution in [3.8, 4) is 5.75 Å². The van der Waals surface area contributed by atoms with E-state index in [9.17, 15) is 14.4 Å². The van der Waals surface area contributed by atoms with Gasteiger partial charge in [0, 0.05) is 24.9 Å². The van der Waals surface area contributed by atoms with E-state index < -0.39 is 5.97 Å². The minimum Gasteiger partial charge on any atom is -0.482 e. The van der Waals surface area contributed by atoms with Crippen LogP contribution in [0.5, 0.6) is 5.75 Å². The molecule has 1 aliphatic rings. The Hall–Kier alpha value is -3.61. The van der Waals surface area contributed by atoms with Crippen molar-refractivity contribution >= 4 is 29.5 Å². The second-order valence-corrected chi connectivity index (χ2v) is 6.76. The number of hydrogen-bond acceptors (Lipinski definition) is 5. The Kier molecular flexibility index (Phi) is 6.85. The molecule has 1 N–H and O–H groups in total. The number of benzene rings is 2. The van der Waals surface area contributed by atoms with Crippen molar-refractivity contribution in [2.45, 2.75) is 26.3 Å². The fourth-order valence-electron chi connectivity index (χ4n) is 3.31. The zero-order valence-electron chi connectivity index (χ0n) is 17.0. The topological polar surface area (TPSA) is 84.9 Å². The number of amides is 2. The molecular formula is C23H24N2O5. The highest BCUT2D eigenvalue weighted by molar-refractivity contribution is 5.92. The monoisotopic (exact) mass is 408 g/mol. The van der Waals surface area contributed by atoms with E-state index in [1.54, 1.807) is 42.3 Å². The van der Waals surface area contributed by atoms with E-state index in [0.717, 1.165) is 11.1 Å².